The molecule has 0 heterocycles. The first kappa shape index (κ1) is 6.55. The molecule has 0 atom stereocenters. The van der Waals surface area contributed by atoms with Gasteiger partial charge >= 0.3 is 52.8 Å². The monoisotopic (exact) mass is 281 g/mol. The third kappa shape index (κ3) is 2.77. The van der Waals surface area contributed by atoms with E-state index < -0.39 is 0 Å². The Morgan fingerprint density at radius 1 is 1.67 bits per heavy atom. The van der Waals surface area contributed by atoms with E-state index in [-0.39, 0.29) is 5.92 Å². The Morgan fingerprint density at radius 3 is 1.83 bits per heavy atom. The second-order valence-corrected chi connectivity index (χ2v) is 2.91. The van der Waals surface area contributed by atoms with Crippen LogP contribution in [-0.2, 0) is 4.79 Å². The van der Waals surface area contributed by atoms with Crippen molar-refractivity contribution < 1.29 is 29.5 Å². The van der Waals surface area contributed by atoms with Crippen LogP contribution in [0.4, 0.5) is 0 Å². The summed E-state index contributed by atoms with van der Waals surface area (Å²) in [6.45, 7) is 3.81. The van der Waals surface area contributed by atoms with Gasteiger partial charge in [0.2, 0.25) is 0 Å². The summed E-state index contributed by atoms with van der Waals surface area (Å²) in [6, 6.07) is 0. The molecule has 0 aliphatic carbocycles. The first-order valence-corrected chi connectivity index (χ1v) is 3.31. The number of carbonyl (C=O) groups excluding carboxylic acids is 1. The molecule has 2 heteroatoms. The van der Waals surface area contributed by atoms with Gasteiger partial charge < -0.3 is 0 Å². The maximum absolute atomic E-state index is 10.2. The van der Waals surface area contributed by atoms with Crippen molar-refractivity contribution >= 4 is 3.49 Å². The summed E-state index contributed by atoms with van der Waals surface area (Å²) in [6.07, 6.45) is 0. The van der Waals surface area contributed by atoms with Crippen molar-refractivity contribution in [2.24, 2.45) is 5.92 Å². The van der Waals surface area contributed by atoms with Crippen LogP contribution < -0.4 is 0 Å². The number of carbonyl (C=O) groups is 1. The van der Waals surface area contributed by atoms with E-state index in [2.05, 4.69) is 0 Å². The molecule has 0 radical (unpaired) electrons. The molecule has 0 saturated heterocycles. The van der Waals surface area contributed by atoms with Crippen LogP contribution in [0.3, 0.4) is 0 Å². The van der Waals surface area contributed by atoms with Crippen molar-refractivity contribution in [2.75, 3.05) is 0 Å². The van der Waals surface area contributed by atoms with E-state index in [1.807, 2.05) is 13.8 Å². The maximum atomic E-state index is 10.2. The van der Waals surface area contributed by atoms with E-state index in [4.69, 9.17) is 0 Å². The fourth-order valence-corrected chi connectivity index (χ4v) is 0. The van der Waals surface area contributed by atoms with Gasteiger partial charge in [0.1, 0.15) is 0 Å². The normalized spacial score (nSPS) is 9.33. The molecule has 0 aromatic heterocycles. The van der Waals surface area contributed by atoms with E-state index in [9.17, 15) is 4.79 Å². The van der Waals surface area contributed by atoms with Crippen LogP contribution in [0.2, 0.25) is 0 Å². The number of hydrogen-bond donors (Lipinski definition) is 0. The van der Waals surface area contributed by atoms with Crippen LogP contribution >= 0.6 is 0 Å². The molecular weight excluding hydrogens is 274 g/mol. The van der Waals surface area contributed by atoms with E-state index in [1.165, 1.54) is 24.7 Å². The molecule has 0 rings (SSSR count). The van der Waals surface area contributed by atoms with E-state index >= 15 is 0 Å². The minimum absolute atomic E-state index is 0.238. The summed E-state index contributed by atoms with van der Waals surface area (Å²) < 4.78 is 0.315. The van der Waals surface area contributed by atoms with Gasteiger partial charge in [-0.25, -0.2) is 0 Å². The van der Waals surface area contributed by atoms with Crippen LogP contribution in [-0.4, -0.2) is 3.49 Å². The van der Waals surface area contributed by atoms with Crippen LogP contribution in [0.5, 0.6) is 0 Å². The van der Waals surface area contributed by atoms with Gasteiger partial charge in [-0.05, 0) is 0 Å². The van der Waals surface area contributed by atoms with Crippen molar-refractivity contribution in [3.05, 3.63) is 0 Å². The molecule has 0 unspecified atom stereocenters. The summed E-state index contributed by atoms with van der Waals surface area (Å²) in [5.74, 6) is 0.238. The van der Waals surface area contributed by atoms with E-state index in [1.54, 1.807) is 0 Å². The standard InChI is InChI=1S/C4H7AtO/c1-3(2)4(5)6/h3H,1-2H3. The molecule has 0 bridgehead atoms. The Hall–Kier alpha value is 0.553. The second kappa shape index (κ2) is 2.68. The Morgan fingerprint density at radius 2 is 1.83 bits per heavy atom. The van der Waals surface area contributed by atoms with E-state index in [0.717, 1.165) is 0 Å². The summed E-state index contributed by atoms with van der Waals surface area (Å²) >= 11 is 1.25. The fourth-order valence-electron chi connectivity index (χ4n) is 0. The number of rotatable bonds is 1. The fraction of sp³-hybridized carbons (Fsp3) is 0.750. The SMILES string of the molecule is CC(C)C(=O)[At]. The zero-order chi connectivity index (χ0) is 5.15. The molecule has 0 aromatic carbocycles. The van der Waals surface area contributed by atoms with Crippen molar-refractivity contribution in [3.63, 3.8) is 0 Å². The van der Waals surface area contributed by atoms with Gasteiger partial charge in [-0.2, -0.15) is 0 Å². The molecule has 6 heavy (non-hydrogen) atoms. The molecule has 1 nitrogen and oxygen atoms in total. The molecule has 0 spiro atoms. The first-order valence-electron chi connectivity index (χ1n) is 1.84. The molecule has 0 aliphatic rings. The van der Waals surface area contributed by atoms with Crippen molar-refractivity contribution in [3.8, 4) is 0 Å². The second-order valence-electron chi connectivity index (χ2n) is 1.46. The third-order valence-electron chi connectivity index (χ3n) is 0.454. The van der Waals surface area contributed by atoms with Crippen molar-refractivity contribution in [2.45, 2.75) is 13.8 Å². The molecular formula is C4H7AtO. The average molecular weight is 281 g/mol. The van der Waals surface area contributed by atoms with Gasteiger partial charge in [0.25, 0.3) is 0 Å². The van der Waals surface area contributed by atoms with Crippen LogP contribution in [0.25, 0.3) is 0 Å². The molecule has 36 valence electrons. The Kier molecular flexibility index (Phi) is 2.93. The molecule has 0 saturated carbocycles. The molecule has 0 N–H and O–H groups in total. The predicted molar refractivity (Wildman–Crippen MR) is 19.8 cm³/mol. The van der Waals surface area contributed by atoms with Crippen LogP contribution in [0, 0.1) is 30.6 Å². The van der Waals surface area contributed by atoms with Crippen LogP contribution in [0.15, 0.2) is 0 Å². The minimum atomic E-state index is 0.238. The third-order valence-corrected chi connectivity index (χ3v) is 2.15. The van der Waals surface area contributed by atoms with Gasteiger partial charge in [0.05, 0.1) is 0 Å². The van der Waals surface area contributed by atoms with Crippen molar-refractivity contribution in [1.82, 2.24) is 0 Å². The molecule has 0 fully saturated rings. The molecule has 0 amide bonds. The van der Waals surface area contributed by atoms with Gasteiger partial charge in [-0.15, -0.1) is 0 Å². The molecule has 0 aliphatic heterocycles. The Labute approximate surface area is 53.0 Å². The van der Waals surface area contributed by atoms with Gasteiger partial charge in [-0.1, -0.05) is 0 Å². The van der Waals surface area contributed by atoms with Gasteiger partial charge in [-0.3, -0.25) is 0 Å². The topological polar surface area (TPSA) is 17.1 Å². The van der Waals surface area contributed by atoms with E-state index in [0.29, 0.717) is 3.49 Å². The predicted octanol–water partition coefficient (Wildman–Crippen LogP) is 0.718. The molecule has 0 aromatic rings. The zero-order valence-corrected chi connectivity index (χ0v) is 6.80. The summed E-state index contributed by atoms with van der Waals surface area (Å²) in [7, 11) is 0. The quantitative estimate of drug-likeness (QED) is 0.692. The summed E-state index contributed by atoms with van der Waals surface area (Å²) in [5.41, 5.74) is 0. The van der Waals surface area contributed by atoms with Crippen molar-refractivity contribution in [1.29, 1.82) is 0 Å². The summed E-state index contributed by atoms with van der Waals surface area (Å²) in [5, 5.41) is 0. The average Bonchev–Trinajstić information content (AvgIpc) is 1.36. The summed E-state index contributed by atoms with van der Waals surface area (Å²) in [4.78, 5) is 10.2. The Bertz CT molecular complexity index is 58.6. The first-order chi connectivity index (χ1) is 2.64. The zero-order valence-electron chi connectivity index (χ0n) is 3.86. The van der Waals surface area contributed by atoms with Gasteiger partial charge in [0, 0.05) is 0 Å². The van der Waals surface area contributed by atoms with Gasteiger partial charge in [0.15, 0.2) is 0 Å². The Balaban J connectivity index is 3.26. The van der Waals surface area contributed by atoms with Crippen LogP contribution in [0.1, 0.15) is 13.8 Å². The number of hydrogen-bond acceptors (Lipinski definition) is 1.